The van der Waals surface area contributed by atoms with Crippen LogP contribution in [0.5, 0.6) is 0 Å². The molecular weight excluding hydrogens is 364 g/mol. The molecule has 1 aromatic carbocycles. The van der Waals surface area contributed by atoms with Crippen LogP contribution in [0.3, 0.4) is 0 Å². The molecule has 1 saturated heterocycles. The van der Waals surface area contributed by atoms with Crippen molar-refractivity contribution in [2.24, 2.45) is 5.92 Å². The molecule has 8 nitrogen and oxygen atoms in total. The number of benzene rings is 1. The standard InChI is InChI=1S/C20H24N2O6/c1-14-7-5-6-10-20(14)18(25)22(19(26)21-20)13-16(23)27-11-12-28-17(24)15-8-3-2-4-9-15/h2-4,8-9,14H,5-7,10-13H2,1H3,(H,21,26). The highest BCUT2D eigenvalue weighted by Crippen LogP contribution is 2.38. The van der Waals surface area contributed by atoms with E-state index >= 15 is 0 Å². The summed E-state index contributed by atoms with van der Waals surface area (Å²) in [6.07, 6.45) is 3.33. The van der Waals surface area contributed by atoms with Crippen LogP contribution in [0.4, 0.5) is 4.79 Å². The monoisotopic (exact) mass is 388 g/mol. The lowest BCUT2D eigenvalue weighted by molar-refractivity contribution is -0.149. The number of carbonyl (C=O) groups is 4. The predicted octanol–water partition coefficient (Wildman–Crippen LogP) is 1.89. The Balaban J connectivity index is 1.45. The van der Waals surface area contributed by atoms with Gasteiger partial charge in [0.05, 0.1) is 5.56 Å². The molecule has 28 heavy (non-hydrogen) atoms. The zero-order valence-corrected chi connectivity index (χ0v) is 15.8. The molecule has 1 saturated carbocycles. The van der Waals surface area contributed by atoms with Crippen molar-refractivity contribution >= 4 is 23.9 Å². The summed E-state index contributed by atoms with van der Waals surface area (Å²) in [6, 6.07) is 7.89. The molecule has 1 spiro atoms. The number of urea groups is 1. The average Bonchev–Trinajstić information content (AvgIpc) is 2.93. The number of hydrogen-bond acceptors (Lipinski definition) is 6. The van der Waals surface area contributed by atoms with E-state index in [1.165, 1.54) is 0 Å². The van der Waals surface area contributed by atoms with Gasteiger partial charge in [-0.2, -0.15) is 0 Å². The molecule has 3 rings (SSSR count). The van der Waals surface area contributed by atoms with Gasteiger partial charge in [-0.1, -0.05) is 38.0 Å². The van der Waals surface area contributed by atoms with Gasteiger partial charge in [0.2, 0.25) is 0 Å². The predicted molar refractivity (Wildman–Crippen MR) is 98.3 cm³/mol. The van der Waals surface area contributed by atoms with Crippen molar-refractivity contribution in [3.05, 3.63) is 35.9 Å². The van der Waals surface area contributed by atoms with E-state index in [1.54, 1.807) is 30.3 Å². The second-order valence-electron chi connectivity index (χ2n) is 7.16. The van der Waals surface area contributed by atoms with Gasteiger partial charge in [-0.25, -0.2) is 9.59 Å². The average molecular weight is 388 g/mol. The lowest BCUT2D eigenvalue weighted by atomic mass is 9.73. The smallest absolute Gasteiger partial charge is 0.338 e. The van der Waals surface area contributed by atoms with E-state index in [2.05, 4.69) is 5.32 Å². The lowest BCUT2D eigenvalue weighted by Crippen LogP contribution is -2.54. The maximum Gasteiger partial charge on any atom is 0.338 e. The van der Waals surface area contributed by atoms with Crippen LogP contribution < -0.4 is 5.32 Å². The Morgan fingerprint density at radius 2 is 1.86 bits per heavy atom. The maximum atomic E-state index is 12.8. The van der Waals surface area contributed by atoms with Gasteiger partial charge in [0.25, 0.3) is 5.91 Å². The number of rotatable bonds is 6. The van der Waals surface area contributed by atoms with Crippen molar-refractivity contribution in [3.63, 3.8) is 0 Å². The first-order chi connectivity index (χ1) is 13.4. The van der Waals surface area contributed by atoms with E-state index < -0.39 is 30.1 Å². The Bertz CT molecular complexity index is 765. The van der Waals surface area contributed by atoms with Gasteiger partial charge in [-0.15, -0.1) is 0 Å². The molecule has 1 aliphatic heterocycles. The van der Waals surface area contributed by atoms with Gasteiger partial charge in [0, 0.05) is 0 Å². The SMILES string of the molecule is CC1CCCCC12NC(=O)N(CC(=O)OCCOC(=O)c1ccccc1)C2=O. The molecule has 3 amide bonds. The molecule has 1 aromatic rings. The van der Waals surface area contributed by atoms with Crippen molar-refractivity contribution in [2.45, 2.75) is 38.1 Å². The first kappa shape index (κ1) is 19.9. The fourth-order valence-corrected chi connectivity index (χ4v) is 3.76. The molecule has 1 N–H and O–H groups in total. The maximum absolute atomic E-state index is 12.8. The van der Waals surface area contributed by atoms with Crippen LogP contribution in [0.15, 0.2) is 30.3 Å². The Hall–Kier alpha value is -2.90. The Kier molecular flexibility index (Phi) is 5.96. The van der Waals surface area contributed by atoms with Crippen LogP contribution in [-0.4, -0.2) is 54.1 Å². The topological polar surface area (TPSA) is 102 Å². The van der Waals surface area contributed by atoms with E-state index in [0.717, 1.165) is 24.2 Å². The highest BCUT2D eigenvalue weighted by Gasteiger charge is 2.55. The zero-order valence-electron chi connectivity index (χ0n) is 15.8. The summed E-state index contributed by atoms with van der Waals surface area (Å²) in [6.45, 7) is 1.23. The summed E-state index contributed by atoms with van der Waals surface area (Å²) in [4.78, 5) is 49.7. The number of hydrogen-bond donors (Lipinski definition) is 1. The van der Waals surface area contributed by atoms with Crippen molar-refractivity contribution in [2.75, 3.05) is 19.8 Å². The van der Waals surface area contributed by atoms with E-state index in [-0.39, 0.29) is 25.0 Å². The van der Waals surface area contributed by atoms with Crippen molar-refractivity contribution < 1.29 is 28.7 Å². The number of amides is 3. The molecule has 0 bridgehead atoms. The number of nitrogens with one attached hydrogen (secondary N) is 1. The van der Waals surface area contributed by atoms with E-state index in [9.17, 15) is 19.2 Å². The number of nitrogens with zero attached hydrogens (tertiary/aromatic N) is 1. The van der Waals surface area contributed by atoms with E-state index in [0.29, 0.717) is 12.0 Å². The lowest BCUT2D eigenvalue weighted by Gasteiger charge is -2.36. The minimum Gasteiger partial charge on any atom is -0.461 e. The zero-order chi connectivity index (χ0) is 20.1. The molecule has 0 radical (unpaired) electrons. The Morgan fingerprint density at radius 1 is 1.14 bits per heavy atom. The third-order valence-corrected chi connectivity index (χ3v) is 5.38. The number of carbonyl (C=O) groups excluding carboxylic acids is 4. The molecule has 150 valence electrons. The summed E-state index contributed by atoms with van der Waals surface area (Å²) >= 11 is 0. The highest BCUT2D eigenvalue weighted by atomic mass is 16.6. The molecule has 1 heterocycles. The van der Waals surface area contributed by atoms with E-state index in [1.807, 2.05) is 6.92 Å². The number of imide groups is 1. The molecular formula is C20H24N2O6. The third-order valence-electron chi connectivity index (χ3n) is 5.38. The fourth-order valence-electron chi connectivity index (χ4n) is 3.76. The van der Waals surface area contributed by atoms with E-state index in [4.69, 9.17) is 9.47 Å². The molecule has 2 atom stereocenters. The van der Waals surface area contributed by atoms with Gasteiger partial charge < -0.3 is 14.8 Å². The van der Waals surface area contributed by atoms with Crippen molar-refractivity contribution in [1.29, 1.82) is 0 Å². The van der Waals surface area contributed by atoms with Gasteiger partial charge >= 0.3 is 18.0 Å². The molecule has 2 fully saturated rings. The summed E-state index contributed by atoms with van der Waals surface area (Å²) in [5, 5.41) is 2.78. The first-order valence-electron chi connectivity index (χ1n) is 9.46. The minimum absolute atomic E-state index is 0.0242. The molecule has 1 aliphatic carbocycles. The largest absolute Gasteiger partial charge is 0.461 e. The molecule has 2 aliphatic rings. The third kappa shape index (κ3) is 4.00. The Morgan fingerprint density at radius 3 is 2.57 bits per heavy atom. The Labute approximate surface area is 163 Å². The fraction of sp³-hybridized carbons (Fsp3) is 0.500. The summed E-state index contributed by atoms with van der Waals surface area (Å²) in [5.74, 6) is -1.58. The van der Waals surface area contributed by atoms with Crippen LogP contribution >= 0.6 is 0 Å². The quantitative estimate of drug-likeness (QED) is 0.454. The molecule has 2 unspecified atom stereocenters. The summed E-state index contributed by atoms with van der Waals surface area (Å²) in [7, 11) is 0. The normalized spacial score (nSPS) is 24.2. The second-order valence-corrected chi connectivity index (χ2v) is 7.16. The molecule has 8 heteroatoms. The second kappa shape index (κ2) is 8.41. The highest BCUT2D eigenvalue weighted by molar-refractivity contribution is 6.09. The number of ether oxygens (including phenoxy) is 2. The molecule has 0 aromatic heterocycles. The van der Waals surface area contributed by atoms with Crippen molar-refractivity contribution in [3.8, 4) is 0 Å². The summed E-state index contributed by atoms with van der Waals surface area (Å²) in [5.41, 5.74) is -0.499. The van der Waals surface area contributed by atoms with Crippen LogP contribution in [0.25, 0.3) is 0 Å². The van der Waals surface area contributed by atoms with Crippen LogP contribution in [0.1, 0.15) is 43.0 Å². The van der Waals surface area contributed by atoms with Crippen LogP contribution in [-0.2, 0) is 19.1 Å². The minimum atomic E-state index is -0.902. The van der Waals surface area contributed by atoms with Gasteiger partial charge in [0.1, 0.15) is 25.3 Å². The van der Waals surface area contributed by atoms with Gasteiger partial charge in [-0.3, -0.25) is 14.5 Å². The first-order valence-corrected chi connectivity index (χ1v) is 9.46. The van der Waals surface area contributed by atoms with Crippen LogP contribution in [0.2, 0.25) is 0 Å². The number of esters is 2. The summed E-state index contributed by atoms with van der Waals surface area (Å²) < 4.78 is 10.0. The van der Waals surface area contributed by atoms with Crippen molar-refractivity contribution in [1.82, 2.24) is 10.2 Å². The van der Waals surface area contributed by atoms with Crippen LogP contribution in [0, 0.1) is 5.92 Å². The van der Waals surface area contributed by atoms with Gasteiger partial charge in [0.15, 0.2) is 0 Å². The van der Waals surface area contributed by atoms with Gasteiger partial charge in [-0.05, 0) is 30.9 Å².